The molecule has 0 saturated carbocycles. The predicted molar refractivity (Wildman–Crippen MR) is 97.1 cm³/mol. The highest BCUT2D eigenvalue weighted by atomic mass is 32.2. The second kappa shape index (κ2) is 6.57. The summed E-state index contributed by atoms with van der Waals surface area (Å²) in [6.45, 7) is 5.23. The maximum absolute atomic E-state index is 12.5. The van der Waals surface area contributed by atoms with E-state index in [4.69, 9.17) is 0 Å². The third-order valence-corrected chi connectivity index (χ3v) is 6.26. The highest BCUT2D eigenvalue weighted by Crippen LogP contribution is 2.29. The molecule has 1 heterocycles. The van der Waals surface area contributed by atoms with E-state index < -0.39 is 28.4 Å². The van der Waals surface area contributed by atoms with Crippen molar-refractivity contribution < 1.29 is 18.0 Å². The summed E-state index contributed by atoms with van der Waals surface area (Å²) in [5.41, 5.74) is 3.21. The van der Waals surface area contributed by atoms with Crippen LogP contribution >= 0.6 is 0 Å². The molecule has 1 aliphatic rings. The Morgan fingerprint density at radius 2 is 1.85 bits per heavy atom. The lowest BCUT2D eigenvalue weighted by Crippen LogP contribution is -2.41. The first-order valence-electron chi connectivity index (χ1n) is 8.24. The van der Waals surface area contributed by atoms with Gasteiger partial charge in [0.15, 0.2) is 0 Å². The highest BCUT2D eigenvalue weighted by Gasteiger charge is 2.41. The molecule has 0 bridgehead atoms. The number of aryl methyl sites for hydroxylation is 2. The Kier molecular flexibility index (Phi) is 4.58. The van der Waals surface area contributed by atoms with E-state index in [0.717, 1.165) is 16.7 Å². The van der Waals surface area contributed by atoms with Gasteiger partial charge in [-0.25, -0.2) is 12.7 Å². The predicted octanol–water partition coefficient (Wildman–Crippen LogP) is 2.33. The van der Waals surface area contributed by atoms with Crippen molar-refractivity contribution in [2.75, 3.05) is 6.54 Å². The zero-order chi connectivity index (χ0) is 19.1. The molecule has 1 aliphatic heterocycles. The van der Waals surface area contributed by atoms with Crippen molar-refractivity contribution in [3.05, 3.63) is 64.7 Å². The van der Waals surface area contributed by atoms with E-state index in [1.165, 1.54) is 12.1 Å². The number of carbonyl (C=O) groups is 2. The second-order valence-electron chi connectivity index (χ2n) is 6.46. The molecule has 1 N–H and O–H groups in total. The van der Waals surface area contributed by atoms with Crippen LogP contribution < -0.4 is 5.32 Å². The van der Waals surface area contributed by atoms with Crippen molar-refractivity contribution >= 4 is 21.8 Å². The molecule has 0 aliphatic carbocycles. The van der Waals surface area contributed by atoms with E-state index in [0.29, 0.717) is 4.31 Å². The molecule has 2 amide bonds. The Bertz CT molecular complexity index is 998. The van der Waals surface area contributed by atoms with E-state index in [-0.39, 0.29) is 16.5 Å². The topological polar surface area (TPSA) is 83.6 Å². The van der Waals surface area contributed by atoms with Gasteiger partial charge < -0.3 is 5.32 Å². The summed E-state index contributed by atoms with van der Waals surface area (Å²) in [5, 5.41) is 2.77. The van der Waals surface area contributed by atoms with Crippen LogP contribution in [0.15, 0.2) is 47.4 Å². The van der Waals surface area contributed by atoms with Crippen molar-refractivity contribution in [3.63, 3.8) is 0 Å². The average molecular weight is 372 g/mol. The number of fused-ring (bicyclic) bond motifs is 1. The van der Waals surface area contributed by atoms with Gasteiger partial charge in [-0.2, -0.15) is 0 Å². The number of rotatable bonds is 4. The molecule has 0 aromatic heterocycles. The fraction of sp³-hybridized carbons (Fsp3) is 0.263. The van der Waals surface area contributed by atoms with Gasteiger partial charge in [-0.3, -0.25) is 9.59 Å². The monoisotopic (exact) mass is 372 g/mol. The van der Waals surface area contributed by atoms with Gasteiger partial charge in [-0.05, 0) is 44.0 Å². The Morgan fingerprint density at radius 1 is 1.15 bits per heavy atom. The lowest BCUT2D eigenvalue weighted by atomic mass is 10.0. The molecule has 0 radical (unpaired) electrons. The minimum Gasteiger partial charge on any atom is -0.348 e. The van der Waals surface area contributed by atoms with E-state index in [1.54, 1.807) is 12.1 Å². The Hall–Kier alpha value is -2.67. The van der Waals surface area contributed by atoms with Crippen LogP contribution in [-0.4, -0.2) is 31.1 Å². The summed E-state index contributed by atoms with van der Waals surface area (Å²) in [5.74, 6) is -1.20. The van der Waals surface area contributed by atoms with Gasteiger partial charge in [0, 0.05) is 0 Å². The Labute approximate surface area is 152 Å². The van der Waals surface area contributed by atoms with Crippen LogP contribution in [0.2, 0.25) is 0 Å². The lowest BCUT2D eigenvalue weighted by molar-refractivity contribution is -0.121. The maximum atomic E-state index is 12.5. The van der Waals surface area contributed by atoms with Crippen molar-refractivity contribution in [3.8, 4) is 0 Å². The largest absolute Gasteiger partial charge is 0.348 e. The van der Waals surface area contributed by atoms with Crippen LogP contribution in [0.4, 0.5) is 0 Å². The highest BCUT2D eigenvalue weighted by molar-refractivity contribution is 7.90. The third-order valence-electron chi connectivity index (χ3n) is 4.47. The van der Waals surface area contributed by atoms with E-state index in [2.05, 4.69) is 5.32 Å². The zero-order valence-electron chi connectivity index (χ0n) is 14.8. The molecule has 26 heavy (non-hydrogen) atoms. The van der Waals surface area contributed by atoms with E-state index >= 15 is 0 Å². The van der Waals surface area contributed by atoms with E-state index in [9.17, 15) is 18.0 Å². The van der Waals surface area contributed by atoms with Gasteiger partial charge in [0.2, 0.25) is 5.91 Å². The Balaban J connectivity index is 1.76. The minimum absolute atomic E-state index is 0.0553. The van der Waals surface area contributed by atoms with Crippen LogP contribution in [0.25, 0.3) is 0 Å². The molecule has 0 fully saturated rings. The lowest BCUT2D eigenvalue weighted by Gasteiger charge is -2.20. The number of hydrogen-bond acceptors (Lipinski definition) is 4. The molecule has 0 unspecified atom stereocenters. The second-order valence-corrected chi connectivity index (χ2v) is 8.29. The molecule has 136 valence electrons. The normalized spacial score (nSPS) is 16.3. The van der Waals surface area contributed by atoms with Crippen LogP contribution in [0.3, 0.4) is 0 Å². The fourth-order valence-electron chi connectivity index (χ4n) is 3.19. The van der Waals surface area contributed by atoms with Crippen molar-refractivity contribution in [1.29, 1.82) is 0 Å². The maximum Gasteiger partial charge on any atom is 0.269 e. The van der Waals surface area contributed by atoms with Gasteiger partial charge in [0.25, 0.3) is 15.9 Å². The quantitative estimate of drug-likeness (QED) is 0.893. The molecular weight excluding hydrogens is 352 g/mol. The molecule has 1 atom stereocenters. The van der Waals surface area contributed by atoms with Gasteiger partial charge in [0.1, 0.15) is 11.4 Å². The van der Waals surface area contributed by atoms with Gasteiger partial charge in [-0.1, -0.05) is 35.9 Å². The van der Waals surface area contributed by atoms with Crippen molar-refractivity contribution in [2.24, 2.45) is 0 Å². The molecule has 0 spiro atoms. The number of hydrogen-bond donors (Lipinski definition) is 1. The smallest absolute Gasteiger partial charge is 0.269 e. The first-order chi connectivity index (χ1) is 12.2. The van der Waals surface area contributed by atoms with Crippen LogP contribution in [0.1, 0.15) is 40.0 Å². The first-order valence-corrected chi connectivity index (χ1v) is 9.68. The number of sulfonamides is 1. The number of amides is 2. The van der Waals surface area contributed by atoms with Crippen molar-refractivity contribution in [2.45, 2.75) is 31.7 Å². The van der Waals surface area contributed by atoms with Crippen LogP contribution in [-0.2, 0) is 14.8 Å². The number of benzene rings is 2. The van der Waals surface area contributed by atoms with Gasteiger partial charge in [0.05, 0.1) is 11.6 Å². The zero-order valence-corrected chi connectivity index (χ0v) is 15.6. The third kappa shape index (κ3) is 3.10. The summed E-state index contributed by atoms with van der Waals surface area (Å²) in [7, 11) is -3.98. The summed E-state index contributed by atoms with van der Waals surface area (Å²) in [4.78, 5) is 24.7. The average Bonchev–Trinajstić information content (AvgIpc) is 2.76. The van der Waals surface area contributed by atoms with Crippen LogP contribution in [0.5, 0.6) is 0 Å². The summed E-state index contributed by atoms with van der Waals surface area (Å²) < 4.78 is 25.6. The molecule has 2 aromatic rings. The van der Waals surface area contributed by atoms with Crippen LogP contribution in [0, 0.1) is 13.8 Å². The SMILES string of the molecule is Cc1ccc([C@H](C)NC(=O)CN2C(=O)c3ccccc3S2(=O)=O)c(C)c1. The number of carbonyl (C=O) groups excluding carboxylic acids is 2. The molecule has 3 rings (SSSR count). The summed E-state index contributed by atoms with van der Waals surface area (Å²) in [6, 6.07) is 11.6. The Morgan fingerprint density at radius 3 is 2.50 bits per heavy atom. The minimum atomic E-state index is -3.98. The van der Waals surface area contributed by atoms with Gasteiger partial charge >= 0.3 is 0 Å². The summed E-state index contributed by atoms with van der Waals surface area (Å²) in [6.07, 6.45) is 0. The molecule has 2 aromatic carbocycles. The number of nitrogens with zero attached hydrogens (tertiary/aromatic N) is 1. The number of nitrogens with one attached hydrogen (secondary N) is 1. The summed E-state index contributed by atoms with van der Waals surface area (Å²) >= 11 is 0. The standard InChI is InChI=1S/C19H20N2O4S/c1-12-8-9-15(13(2)10-12)14(3)20-18(22)11-21-19(23)16-6-4-5-7-17(16)26(21,24)25/h4-10,14H,11H2,1-3H3,(H,20,22)/t14-/m0/s1. The molecular formula is C19H20N2O4S. The molecule has 0 saturated heterocycles. The van der Waals surface area contributed by atoms with Gasteiger partial charge in [-0.15, -0.1) is 0 Å². The fourth-order valence-corrected chi connectivity index (χ4v) is 4.72. The van der Waals surface area contributed by atoms with E-state index in [1.807, 2.05) is 39.0 Å². The van der Waals surface area contributed by atoms with Crippen molar-refractivity contribution in [1.82, 2.24) is 9.62 Å². The first kappa shape index (κ1) is 18.1. The molecule has 7 heteroatoms. The molecule has 6 nitrogen and oxygen atoms in total.